The van der Waals surface area contributed by atoms with Crippen LogP contribution in [0.1, 0.15) is 16.8 Å². The first-order chi connectivity index (χ1) is 9.53. The molecule has 1 aromatic carbocycles. The predicted octanol–water partition coefficient (Wildman–Crippen LogP) is -0.519. The highest BCUT2D eigenvalue weighted by atomic mass is 32.2. The van der Waals surface area contributed by atoms with E-state index in [1.807, 2.05) is 4.72 Å². The molecule has 0 spiro atoms. The minimum absolute atomic E-state index is 0.0765. The standard InChI is InChI=1S/C10H13FN2O6S2/c11-8-6-7(10(14)15)2-3-9(8)21(18,19)13-4-1-5-20(12,16)17/h2-3,6,13H,1,4-5H2,(H,14,15)(H2,12,16,17). The van der Waals surface area contributed by atoms with E-state index in [1.165, 1.54) is 0 Å². The Morgan fingerprint density at radius 3 is 2.38 bits per heavy atom. The Balaban J connectivity index is 2.81. The van der Waals surface area contributed by atoms with Gasteiger partial charge >= 0.3 is 5.97 Å². The van der Waals surface area contributed by atoms with Gasteiger partial charge in [-0.25, -0.2) is 35.9 Å². The number of sulfonamides is 2. The van der Waals surface area contributed by atoms with Crippen molar-refractivity contribution in [2.75, 3.05) is 12.3 Å². The Morgan fingerprint density at radius 1 is 1.29 bits per heavy atom. The lowest BCUT2D eigenvalue weighted by molar-refractivity contribution is 0.0696. The molecular weight excluding hydrogens is 327 g/mol. The van der Waals surface area contributed by atoms with Crippen LogP contribution in [0, 0.1) is 5.82 Å². The highest BCUT2D eigenvalue weighted by molar-refractivity contribution is 7.89. The van der Waals surface area contributed by atoms with E-state index in [1.54, 1.807) is 0 Å². The molecule has 0 unspecified atom stereocenters. The summed E-state index contributed by atoms with van der Waals surface area (Å²) >= 11 is 0. The van der Waals surface area contributed by atoms with E-state index in [4.69, 9.17) is 10.2 Å². The number of carboxylic acid groups (broad SMARTS) is 1. The molecule has 1 aromatic rings. The first-order valence-corrected chi connectivity index (χ1v) is 8.76. The van der Waals surface area contributed by atoms with Gasteiger partial charge in [0.1, 0.15) is 10.7 Å². The van der Waals surface area contributed by atoms with Crippen LogP contribution in [0.25, 0.3) is 0 Å². The molecule has 0 fully saturated rings. The molecule has 21 heavy (non-hydrogen) atoms. The summed E-state index contributed by atoms with van der Waals surface area (Å²) < 4.78 is 60.5. The van der Waals surface area contributed by atoms with Gasteiger partial charge in [-0.1, -0.05) is 0 Å². The fourth-order valence-corrected chi connectivity index (χ4v) is 3.09. The van der Waals surface area contributed by atoms with Crippen LogP contribution in [0.2, 0.25) is 0 Å². The molecule has 0 amide bonds. The zero-order valence-corrected chi connectivity index (χ0v) is 12.2. The number of nitrogens with one attached hydrogen (secondary N) is 1. The topological polar surface area (TPSA) is 144 Å². The van der Waals surface area contributed by atoms with Crippen LogP contribution in [-0.2, 0) is 20.0 Å². The summed E-state index contributed by atoms with van der Waals surface area (Å²) in [5.74, 6) is -3.02. The van der Waals surface area contributed by atoms with E-state index in [2.05, 4.69) is 0 Å². The van der Waals surface area contributed by atoms with Gasteiger partial charge < -0.3 is 5.11 Å². The van der Waals surface area contributed by atoms with Gasteiger partial charge in [0.25, 0.3) is 0 Å². The highest BCUT2D eigenvalue weighted by Gasteiger charge is 2.20. The summed E-state index contributed by atoms with van der Waals surface area (Å²) in [4.78, 5) is 9.90. The minimum atomic E-state index is -4.20. The molecular formula is C10H13FN2O6S2. The van der Waals surface area contributed by atoms with Crippen molar-refractivity contribution < 1.29 is 31.1 Å². The summed E-state index contributed by atoms with van der Waals surface area (Å²) in [6.45, 7) is -0.251. The number of aromatic carboxylic acids is 1. The number of carbonyl (C=O) groups is 1. The molecule has 11 heteroatoms. The first kappa shape index (κ1) is 17.5. The van der Waals surface area contributed by atoms with Gasteiger partial charge in [-0.15, -0.1) is 0 Å². The second-order valence-corrected chi connectivity index (χ2v) is 7.54. The average molecular weight is 340 g/mol. The van der Waals surface area contributed by atoms with Gasteiger partial charge in [-0.05, 0) is 24.6 Å². The predicted molar refractivity (Wildman–Crippen MR) is 71.1 cm³/mol. The Hall–Kier alpha value is -1.56. The molecule has 0 saturated carbocycles. The average Bonchev–Trinajstić information content (AvgIpc) is 2.33. The van der Waals surface area contributed by atoms with E-state index >= 15 is 0 Å². The van der Waals surface area contributed by atoms with Gasteiger partial charge in [0.05, 0.1) is 11.3 Å². The van der Waals surface area contributed by atoms with Crippen LogP contribution >= 0.6 is 0 Å². The third-order valence-electron chi connectivity index (χ3n) is 2.37. The normalized spacial score (nSPS) is 12.3. The summed E-state index contributed by atoms with van der Waals surface area (Å²) in [5.41, 5.74) is -0.388. The summed E-state index contributed by atoms with van der Waals surface area (Å²) in [5, 5.41) is 13.4. The quantitative estimate of drug-likeness (QED) is 0.570. The number of benzene rings is 1. The molecule has 0 radical (unpaired) electrons. The van der Waals surface area contributed by atoms with E-state index in [9.17, 15) is 26.0 Å². The van der Waals surface area contributed by atoms with E-state index in [0.29, 0.717) is 6.07 Å². The Morgan fingerprint density at radius 2 is 1.90 bits per heavy atom. The van der Waals surface area contributed by atoms with Crippen LogP contribution in [0.4, 0.5) is 4.39 Å². The maximum absolute atomic E-state index is 13.6. The number of hydrogen-bond donors (Lipinski definition) is 3. The Labute approximate surface area is 120 Å². The van der Waals surface area contributed by atoms with E-state index in [-0.39, 0.29) is 18.5 Å². The zero-order valence-electron chi connectivity index (χ0n) is 10.6. The largest absolute Gasteiger partial charge is 0.478 e. The number of carboxylic acids is 1. The number of primary sulfonamides is 1. The van der Waals surface area contributed by atoms with Crippen LogP contribution < -0.4 is 9.86 Å². The molecule has 8 nitrogen and oxygen atoms in total. The minimum Gasteiger partial charge on any atom is -0.478 e. The second-order valence-electron chi connectivity index (χ2n) is 4.07. The molecule has 118 valence electrons. The van der Waals surface area contributed by atoms with E-state index < -0.39 is 42.5 Å². The monoisotopic (exact) mass is 340 g/mol. The van der Waals surface area contributed by atoms with Crippen molar-refractivity contribution in [2.45, 2.75) is 11.3 Å². The summed E-state index contributed by atoms with van der Waals surface area (Å²) in [7, 11) is -7.91. The summed E-state index contributed by atoms with van der Waals surface area (Å²) in [6, 6.07) is 2.35. The number of nitrogens with two attached hydrogens (primary N) is 1. The second kappa shape index (κ2) is 6.47. The summed E-state index contributed by atoms with van der Waals surface area (Å²) in [6.07, 6.45) is -0.0765. The number of halogens is 1. The van der Waals surface area contributed by atoms with Gasteiger partial charge in [0, 0.05) is 6.54 Å². The highest BCUT2D eigenvalue weighted by Crippen LogP contribution is 2.16. The van der Waals surface area contributed by atoms with Crippen molar-refractivity contribution in [3.63, 3.8) is 0 Å². The fraction of sp³-hybridized carbons (Fsp3) is 0.300. The van der Waals surface area contributed by atoms with Crippen molar-refractivity contribution in [1.29, 1.82) is 0 Å². The van der Waals surface area contributed by atoms with Crippen molar-refractivity contribution in [2.24, 2.45) is 5.14 Å². The van der Waals surface area contributed by atoms with Crippen LogP contribution in [0.15, 0.2) is 23.1 Å². The van der Waals surface area contributed by atoms with Crippen molar-refractivity contribution in [1.82, 2.24) is 4.72 Å². The SMILES string of the molecule is NS(=O)(=O)CCCNS(=O)(=O)c1ccc(C(=O)O)cc1F. The molecule has 0 bridgehead atoms. The molecule has 4 N–H and O–H groups in total. The first-order valence-electron chi connectivity index (χ1n) is 5.56. The maximum atomic E-state index is 13.6. The third-order valence-corrected chi connectivity index (χ3v) is 4.72. The molecule has 1 rings (SSSR count). The molecule has 0 atom stereocenters. The number of rotatable bonds is 7. The molecule has 0 aliphatic carbocycles. The molecule has 0 aliphatic heterocycles. The van der Waals surface area contributed by atoms with Gasteiger partial charge in [-0.3, -0.25) is 0 Å². The molecule has 0 heterocycles. The van der Waals surface area contributed by atoms with Crippen LogP contribution in [0.3, 0.4) is 0 Å². The van der Waals surface area contributed by atoms with Crippen molar-refractivity contribution in [3.05, 3.63) is 29.6 Å². The van der Waals surface area contributed by atoms with Crippen molar-refractivity contribution in [3.8, 4) is 0 Å². The van der Waals surface area contributed by atoms with Crippen LogP contribution in [-0.4, -0.2) is 40.2 Å². The Kier molecular flexibility index (Phi) is 5.39. The van der Waals surface area contributed by atoms with Gasteiger partial charge in [0.2, 0.25) is 20.0 Å². The smallest absolute Gasteiger partial charge is 0.335 e. The number of hydrogen-bond acceptors (Lipinski definition) is 5. The van der Waals surface area contributed by atoms with Gasteiger partial charge in [-0.2, -0.15) is 0 Å². The molecule has 0 aromatic heterocycles. The molecule has 0 saturated heterocycles. The van der Waals surface area contributed by atoms with Gasteiger partial charge in [0.15, 0.2) is 0 Å². The lowest BCUT2D eigenvalue weighted by Crippen LogP contribution is -2.28. The molecule has 0 aliphatic rings. The van der Waals surface area contributed by atoms with Crippen LogP contribution in [0.5, 0.6) is 0 Å². The van der Waals surface area contributed by atoms with E-state index in [0.717, 1.165) is 12.1 Å². The zero-order chi connectivity index (χ0) is 16.3. The Bertz CT molecular complexity index is 745. The van der Waals surface area contributed by atoms with Crippen molar-refractivity contribution >= 4 is 26.0 Å². The lowest BCUT2D eigenvalue weighted by Gasteiger charge is -2.08. The fourth-order valence-electron chi connectivity index (χ4n) is 1.41. The third kappa shape index (κ3) is 5.38. The lowest BCUT2D eigenvalue weighted by atomic mass is 10.2. The maximum Gasteiger partial charge on any atom is 0.335 e.